The topological polar surface area (TPSA) is 92.4 Å². The Morgan fingerprint density at radius 2 is 1.90 bits per heavy atom. The molecule has 114 valence electrons. The maximum Gasteiger partial charge on any atom is 0.241 e. The van der Waals surface area contributed by atoms with Gasteiger partial charge in [-0.05, 0) is 49.4 Å². The smallest absolute Gasteiger partial charge is 0.241 e. The molecule has 0 saturated heterocycles. The first-order valence-corrected chi connectivity index (χ1v) is 8.15. The van der Waals surface area contributed by atoms with E-state index in [0.29, 0.717) is 23.6 Å². The number of nitrogen functional groups attached to an aromatic ring is 1. The van der Waals surface area contributed by atoms with Crippen LogP contribution in [-0.2, 0) is 10.0 Å². The van der Waals surface area contributed by atoms with Gasteiger partial charge in [-0.25, -0.2) is 13.1 Å². The summed E-state index contributed by atoms with van der Waals surface area (Å²) in [5.41, 5.74) is 7.64. The Balaban J connectivity index is 3.11. The second kappa shape index (κ2) is 6.56. The van der Waals surface area contributed by atoms with Crippen molar-refractivity contribution >= 4 is 15.7 Å². The van der Waals surface area contributed by atoms with Gasteiger partial charge in [0.2, 0.25) is 10.0 Å². The van der Waals surface area contributed by atoms with Crippen molar-refractivity contribution in [3.05, 3.63) is 23.3 Å². The summed E-state index contributed by atoms with van der Waals surface area (Å²) in [7, 11) is -3.68. The largest absolute Gasteiger partial charge is 0.399 e. The molecule has 0 bridgehead atoms. The van der Waals surface area contributed by atoms with Crippen LogP contribution in [-0.4, -0.2) is 26.2 Å². The van der Waals surface area contributed by atoms with Crippen molar-refractivity contribution in [3.8, 4) is 0 Å². The number of rotatable bonds is 6. The number of hydrogen-bond acceptors (Lipinski definition) is 4. The van der Waals surface area contributed by atoms with E-state index in [1.54, 1.807) is 13.0 Å². The van der Waals surface area contributed by atoms with Crippen LogP contribution in [0.5, 0.6) is 0 Å². The normalized spacial score (nSPS) is 13.7. The zero-order valence-corrected chi connectivity index (χ0v) is 13.3. The molecule has 1 aromatic rings. The van der Waals surface area contributed by atoms with E-state index in [4.69, 9.17) is 5.73 Å². The molecule has 1 unspecified atom stereocenters. The van der Waals surface area contributed by atoms with Gasteiger partial charge in [-0.2, -0.15) is 0 Å². The minimum Gasteiger partial charge on any atom is -0.399 e. The molecule has 1 atom stereocenters. The maximum atomic E-state index is 12.4. The Morgan fingerprint density at radius 1 is 1.30 bits per heavy atom. The number of hydrogen-bond donors (Lipinski definition) is 3. The van der Waals surface area contributed by atoms with Crippen molar-refractivity contribution < 1.29 is 13.5 Å². The summed E-state index contributed by atoms with van der Waals surface area (Å²) in [6, 6.07) is 2.71. The van der Waals surface area contributed by atoms with Crippen molar-refractivity contribution in [1.29, 1.82) is 0 Å². The average molecular weight is 300 g/mol. The molecule has 0 amide bonds. The lowest BCUT2D eigenvalue weighted by Gasteiger charge is -2.19. The number of aliphatic hydroxyl groups excluding tert-OH is 1. The van der Waals surface area contributed by atoms with Gasteiger partial charge >= 0.3 is 0 Å². The van der Waals surface area contributed by atoms with E-state index >= 15 is 0 Å². The van der Waals surface area contributed by atoms with Gasteiger partial charge in [0.05, 0.1) is 11.5 Å². The molecule has 0 fully saturated rings. The highest BCUT2D eigenvalue weighted by atomic mass is 32.2. The number of anilines is 1. The second-order valence-electron chi connectivity index (χ2n) is 5.59. The lowest BCUT2D eigenvalue weighted by atomic mass is 10.1. The fourth-order valence-corrected chi connectivity index (χ4v) is 3.74. The molecule has 0 spiro atoms. The summed E-state index contributed by atoms with van der Waals surface area (Å²) in [6.07, 6.45) is 0.579. The van der Waals surface area contributed by atoms with Crippen LogP contribution in [0.1, 0.15) is 31.4 Å². The molecule has 20 heavy (non-hydrogen) atoms. The molecule has 1 aromatic carbocycles. The molecule has 0 aliphatic rings. The third-order valence-corrected chi connectivity index (χ3v) is 4.88. The van der Waals surface area contributed by atoms with E-state index in [0.717, 1.165) is 5.56 Å². The van der Waals surface area contributed by atoms with Crippen molar-refractivity contribution in [2.45, 2.75) is 45.1 Å². The summed E-state index contributed by atoms with van der Waals surface area (Å²) in [4.78, 5) is 0.178. The van der Waals surface area contributed by atoms with Crippen LogP contribution in [0.3, 0.4) is 0 Å². The van der Waals surface area contributed by atoms with Crippen LogP contribution < -0.4 is 10.5 Å². The molecule has 0 saturated carbocycles. The summed E-state index contributed by atoms with van der Waals surface area (Å²) in [5, 5.41) is 9.31. The standard InChI is InChI=1S/C14H24N2O3S/c1-9(2)5-13(8-17)16-20(18,19)14-7-12(15)6-10(3)11(14)4/h6-7,9,13,16-17H,5,8,15H2,1-4H3. The van der Waals surface area contributed by atoms with Crippen LogP contribution in [0.4, 0.5) is 5.69 Å². The number of sulfonamides is 1. The molecule has 0 aromatic heterocycles. The van der Waals surface area contributed by atoms with Gasteiger partial charge in [-0.3, -0.25) is 0 Å². The van der Waals surface area contributed by atoms with Crippen molar-refractivity contribution in [2.75, 3.05) is 12.3 Å². The highest BCUT2D eigenvalue weighted by Gasteiger charge is 2.23. The molecule has 0 aliphatic carbocycles. The molecule has 0 heterocycles. The predicted molar refractivity (Wildman–Crippen MR) is 81.0 cm³/mol. The highest BCUT2D eigenvalue weighted by Crippen LogP contribution is 2.22. The van der Waals surface area contributed by atoms with Gasteiger partial charge in [0.1, 0.15) is 0 Å². The number of nitrogens with one attached hydrogen (secondary N) is 1. The third-order valence-electron chi connectivity index (χ3n) is 3.23. The first-order chi connectivity index (χ1) is 9.17. The quantitative estimate of drug-likeness (QED) is 0.695. The van der Waals surface area contributed by atoms with Crippen molar-refractivity contribution in [2.24, 2.45) is 5.92 Å². The van der Waals surface area contributed by atoms with E-state index in [1.807, 2.05) is 20.8 Å². The number of aliphatic hydroxyl groups is 1. The van der Waals surface area contributed by atoms with Gasteiger partial charge < -0.3 is 10.8 Å². The van der Waals surface area contributed by atoms with Crippen LogP contribution in [0.2, 0.25) is 0 Å². The molecular formula is C14H24N2O3S. The Hall–Kier alpha value is -1.11. The Morgan fingerprint density at radius 3 is 2.40 bits per heavy atom. The first kappa shape index (κ1) is 16.9. The summed E-state index contributed by atoms with van der Waals surface area (Å²) < 4.78 is 27.4. The second-order valence-corrected chi connectivity index (χ2v) is 7.27. The van der Waals surface area contributed by atoms with Crippen molar-refractivity contribution in [3.63, 3.8) is 0 Å². The number of nitrogens with two attached hydrogens (primary N) is 1. The van der Waals surface area contributed by atoms with Gasteiger partial charge in [-0.15, -0.1) is 0 Å². The van der Waals surface area contributed by atoms with Gasteiger partial charge in [0, 0.05) is 11.7 Å². The van der Waals surface area contributed by atoms with E-state index in [2.05, 4.69) is 4.72 Å². The molecule has 4 N–H and O–H groups in total. The zero-order valence-electron chi connectivity index (χ0n) is 12.5. The SMILES string of the molecule is Cc1cc(N)cc(S(=O)(=O)NC(CO)CC(C)C)c1C. The van der Waals surface area contributed by atoms with Gasteiger partial charge in [0.15, 0.2) is 0 Å². The summed E-state index contributed by atoms with van der Waals surface area (Å²) in [6.45, 7) is 7.31. The van der Waals surface area contributed by atoms with Gasteiger partial charge in [-0.1, -0.05) is 13.8 Å². The zero-order chi connectivity index (χ0) is 15.5. The van der Waals surface area contributed by atoms with Crippen LogP contribution in [0.15, 0.2) is 17.0 Å². The average Bonchev–Trinajstić information content (AvgIpc) is 2.31. The molecule has 0 radical (unpaired) electrons. The Labute approximate surface area is 121 Å². The van der Waals surface area contributed by atoms with Crippen molar-refractivity contribution in [1.82, 2.24) is 4.72 Å². The minimum absolute atomic E-state index is 0.178. The Bertz CT molecular complexity index is 568. The fourth-order valence-electron chi connectivity index (χ4n) is 2.14. The van der Waals surface area contributed by atoms with Crippen LogP contribution in [0, 0.1) is 19.8 Å². The molecule has 6 heteroatoms. The summed E-state index contributed by atoms with van der Waals surface area (Å²) >= 11 is 0. The van der Waals surface area contributed by atoms with Gasteiger partial charge in [0.25, 0.3) is 0 Å². The predicted octanol–water partition coefficient (Wildman–Crippen LogP) is 1.57. The molecule has 0 aliphatic heterocycles. The van der Waals surface area contributed by atoms with E-state index in [9.17, 15) is 13.5 Å². The van der Waals surface area contributed by atoms with E-state index in [1.165, 1.54) is 6.07 Å². The maximum absolute atomic E-state index is 12.4. The highest BCUT2D eigenvalue weighted by molar-refractivity contribution is 7.89. The van der Waals surface area contributed by atoms with E-state index in [-0.39, 0.29) is 11.5 Å². The lowest BCUT2D eigenvalue weighted by Crippen LogP contribution is -2.38. The molecule has 1 rings (SSSR count). The monoisotopic (exact) mass is 300 g/mol. The lowest BCUT2D eigenvalue weighted by molar-refractivity contribution is 0.240. The van der Waals surface area contributed by atoms with E-state index < -0.39 is 16.1 Å². The van der Waals surface area contributed by atoms with Crippen LogP contribution >= 0.6 is 0 Å². The fraction of sp³-hybridized carbons (Fsp3) is 0.571. The third kappa shape index (κ3) is 4.19. The summed E-state index contributed by atoms with van der Waals surface area (Å²) in [5.74, 6) is 0.290. The Kier molecular flexibility index (Phi) is 5.56. The molecular weight excluding hydrogens is 276 g/mol. The van der Waals surface area contributed by atoms with Crippen LogP contribution in [0.25, 0.3) is 0 Å². The first-order valence-electron chi connectivity index (χ1n) is 6.67. The minimum atomic E-state index is -3.68. The molecule has 5 nitrogen and oxygen atoms in total. The number of aryl methyl sites for hydroxylation is 1. The number of benzene rings is 1.